The summed E-state index contributed by atoms with van der Waals surface area (Å²) < 4.78 is 55.1. The van der Waals surface area contributed by atoms with Gasteiger partial charge in [0, 0.05) is 32.2 Å². The Balaban J connectivity index is 1.27. The third-order valence-electron chi connectivity index (χ3n) is 6.17. The second kappa shape index (κ2) is 11.6. The van der Waals surface area contributed by atoms with Crippen molar-refractivity contribution in [3.8, 4) is 0 Å². The second-order valence-electron chi connectivity index (χ2n) is 8.96. The zero-order chi connectivity index (χ0) is 26.6. The van der Waals surface area contributed by atoms with Gasteiger partial charge in [0.25, 0.3) is 0 Å². The van der Waals surface area contributed by atoms with Crippen LogP contribution in [-0.2, 0) is 16.6 Å². The zero-order valence-corrected chi connectivity index (χ0v) is 22.0. The predicted molar refractivity (Wildman–Crippen MR) is 141 cm³/mol. The molecule has 0 bridgehead atoms. The van der Waals surface area contributed by atoms with E-state index >= 15 is 0 Å². The summed E-state index contributed by atoms with van der Waals surface area (Å²) in [5.74, 6) is -2.90. The lowest BCUT2D eigenvalue weighted by molar-refractivity contribution is 0.103. The highest BCUT2D eigenvalue weighted by molar-refractivity contribution is 7.89. The summed E-state index contributed by atoms with van der Waals surface area (Å²) >= 11 is 0.922. The van der Waals surface area contributed by atoms with Crippen molar-refractivity contribution >= 4 is 38.1 Å². The number of nitrogens with zero attached hydrogens (tertiary/aromatic N) is 2. The van der Waals surface area contributed by atoms with Crippen LogP contribution in [0.5, 0.6) is 0 Å². The Bertz CT molecular complexity index is 1350. The Morgan fingerprint density at radius 2 is 1.84 bits per heavy atom. The molecule has 4 rings (SSSR count). The number of nitrogen functional groups attached to an aromatic ring is 1. The molecule has 0 amide bonds. The fraction of sp³-hybridized carbons (Fsp3) is 0.360. The van der Waals surface area contributed by atoms with Crippen LogP contribution in [0.2, 0.25) is 0 Å². The molecule has 0 atom stereocenters. The van der Waals surface area contributed by atoms with Crippen molar-refractivity contribution in [2.24, 2.45) is 0 Å². The van der Waals surface area contributed by atoms with Gasteiger partial charge in [-0.15, -0.1) is 0 Å². The van der Waals surface area contributed by atoms with Crippen LogP contribution in [0.4, 0.5) is 19.7 Å². The molecular formula is C25H29F2N5O3S2. The van der Waals surface area contributed by atoms with Gasteiger partial charge in [-0.3, -0.25) is 4.79 Å². The molecule has 1 aromatic heterocycles. The molecule has 4 N–H and O–H groups in total. The minimum Gasteiger partial charge on any atom is -0.382 e. The number of carbonyl (C=O) groups excluding carboxylic acids is 1. The molecule has 1 aliphatic rings. The van der Waals surface area contributed by atoms with E-state index in [0.29, 0.717) is 44.2 Å². The molecule has 0 spiro atoms. The Hall–Kier alpha value is -2.93. The molecule has 0 aliphatic carbocycles. The van der Waals surface area contributed by atoms with Gasteiger partial charge in [-0.2, -0.15) is 0 Å². The first-order valence-electron chi connectivity index (χ1n) is 11.9. The lowest BCUT2D eigenvalue weighted by Crippen LogP contribution is -2.44. The molecule has 1 saturated heterocycles. The van der Waals surface area contributed by atoms with Gasteiger partial charge >= 0.3 is 0 Å². The van der Waals surface area contributed by atoms with Crippen LogP contribution in [0, 0.1) is 18.6 Å². The van der Waals surface area contributed by atoms with Crippen molar-refractivity contribution < 1.29 is 22.0 Å². The fourth-order valence-electron chi connectivity index (χ4n) is 4.22. The summed E-state index contributed by atoms with van der Waals surface area (Å²) in [6.45, 7) is 3.68. The van der Waals surface area contributed by atoms with E-state index in [2.05, 4.69) is 21.7 Å². The Morgan fingerprint density at radius 1 is 1.16 bits per heavy atom. The van der Waals surface area contributed by atoms with E-state index in [4.69, 9.17) is 5.73 Å². The molecule has 198 valence electrons. The maximum absolute atomic E-state index is 14.0. The summed E-state index contributed by atoms with van der Waals surface area (Å²) in [6.07, 6.45) is 1.08. The topological polar surface area (TPSA) is 117 Å². The highest BCUT2D eigenvalue weighted by Gasteiger charge is 2.29. The summed E-state index contributed by atoms with van der Waals surface area (Å²) in [4.78, 5) is 16.8. The summed E-state index contributed by atoms with van der Waals surface area (Å²) in [7, 11) is -3.40. The monoisotopic (exact) mass is 549 g/mol. The minimum atomic E-state index is -3.40. The van der Waals surface area contributed by atoms with Gasteiger partial charge in [-0.1, -0.05) is 47.2 Å². The number of nitrogens with two attached hydrogens (primary N) is 1. The fourth-order valence-corrected chi connectivity index (χ4v) is 6.56. The molecule has 1 fully saturated rings. The lowest BCUT2D eigenvalue weighted by Gasteiger charge is -2.31. The first-order chi connectivity index (χ1) is 17.6. The Morgan fingerprint density at radius 3 is 2.51 bits per heavy atom. The highest BCUT2D eigenvalue weighted by Crippen LogP contribution is 2.30. The molecule has 2 heterocycles. The van der Waals surface area contributed by atoms with E-state index in [1.807, 2.05) is 25.1 Å². The number of thiazole rings is 1. The van der Waals surface area contributed by atoms with Crippen LogP contribution in [0.3, 0.4) is 0 Å². The van der Waals surface area contributed by atoms with Gasteiger partial charge in [0.05, 0.1) is 11.3 Å². The van der Waals surface area contributed by atoms with Gasteiger partial charge in [0.15, 0.2) is 5.13 Å². The first kappa shape index (κ1) is 27.1. The quantitative estimate of drug-likeness (QED) is 0.262. The average molecular weight is 550 g/mol. The van der Waals surface area contributed by atoms with Crippen LogP contribution in [-0.4, -0.2) is 54.9 Å². The molecule has 2 aromatic carbocycles. The number of piperidine rings is 1. The van der Waals surface area contributed by atoms with Crippen molar-refractivity contribution in [2.75, 3.05) is 36.4 Å². The second-order valence-corrected chi connectivity index (χ2v) is 12.0. The van der Waals surface area contributed by atoms with Crippen molar-refractivity contribution in [3.05, 3.63) is 75.7 Å². The van der Waals surface area contributed by atoms with Gasteiger partial charge in [0.2, 0.25) is 15.8 Å². The zero-order valence-electron chi connectivity index (χ0n) is 20.3. The van der Waals surface area contributed by atoms with Gasteiger partial charge in [-0.25, -0.2) is 26.5 Å². The van der Waals surface area contributed by atoms with E-state index in [0.717, 1.165) is 34.6 Å². The van der Waals surface area contributed by atoms with Crippen molar-refractivity contribution in [1.29, 1.82) is 0 Å². The van der Waals surface area contributed by atoms with Gasteiger partial charge in [-0.05, 0) is 37.5 Å². The van der Waals surface area contributed by atoms with E-state index < -0.39 is 33.0 Å². The molecule has 0 saturated carbocycles. The number of halogens is 2. The number of sulfonamides is 1. The predicted octanol–water partition coefficient (Wildman–Crippen LogP) is 3.54. The molecule has 0 unspecified atom stereocenters. The number of carbonyl (C=O) groups is 1. The number of benzene rings is 2. The number of rotatable bonds is 10. The number of aryl methyl sites for hydroxylation is 1. The van der Waals surface area contributed by atoms with Gasteiger partial charge < -0.3 is 16.4 Å². The summed E-state index contributed by atoms with van der Waals surface area (Å²) in [5.41, 5.74) is 7.46. The number of hydrogen-bond acceptors (Lipinski definition) is 8. The molecule has 8 nitrogen and oxygen atoms in total. The molecule has 12 heteroatoms. The van der Waals surface area contributed by atoms with Crippen LogP contribution in [0.25, 0.3) is 0 Å². The van der Waals surface area contributed by atoms with Crippen molar-refractivity contribution in [1.82, 2.24) is 14.6 Å². The Kier molecular flexibility index (Phi) is 8.53. The van der Waals surface area contributed by atoms with E-state index in [9.17, 15) is 22.0 Å². The lowest BCUT2D eigenvalue weighted by atomic mass is 10.1. The Labute approximate surface area is 219 Å². The van der Waals surface area contributed by atoms with Crippen LogP contribution >= 0.6 is 11.3 Å². The largest absolute Gasteiger partial charge is 0.382 e. The minimum absolute atomic E-state index is 0.0119. The number of nitrogens with one attached hydrogen (secondary N) is 2. The van der Waals surface area contributed by atoms with E-state index in [1.165, 1.54) is 10.4 Å². The molecule has 3 aromatic rings. The SMILES string of the molecule is Cc1cccc(CNCCS(=O)(=O)N2CCC(Nc3nc(N)c(C(=O)c4c(F)cccc4F)s3)CC2)c1. The average Bonchev–Trinajstić information content (AvgIpc) is 3.22. The standard InChI is InChI=1S/C25H29F2N5O3S2/c1-16-4-2-5-17(14-16)15-29-10-13-37(34,35)32-11-8-18(9-12-32)30-25-31-24(28)23(36-25)22(33)21-19(26)6-3-7-20(21)27/h2-7,14,18,29H,8-13,15,28H2,1H3,(H,30,31). The number of hydrogen-bond donors (Lipinski definition) is 3. The number of aromatic nitrogens is 1. The van der Waals surface area contributed by atoms with Crippen molar-refractivity contribution in [3.63, 3.8) is 0 Å². The van der Waals surface area contributed by atoms with Crippen LogP contribution in [0.1, 0.15) is 39.2 Å². The van der Waals surface area contributed by atoms with Gasteiger partial charge in [0.1, 0.15) is 22.3 Å². The summed E-state index contributed by atoms with van der Waals surface area (Å²) in [6, 6.07) is 11.2. The smallest absolute Gasteiger partial charge is 0.215 e. The molecule has 37 heavy (non-hydrogen) atoms. The number of anilines is 2. The van der Waals surface area contributed by atoms with E-state index in [1.54, 1.807) is 0 Å². The third kappa shape index (κ3) is 6.69. The molecule has 0 radical (unpaired) electrons. The summed E-state index contributed by atoms with van der Waals surface area (Å²) in [5, 5.41) is 6.71. The van der Waals surface area contributed by atoms with Crippen LogP contribution in [0.15, 0.2) is 42.5 Å². The van der Waals surface area contributed by atoms with Crippen LogP contribution < -0.4 is 16.4 Å². The maximum Gasteiger partial charge on any atom is 0.215 e. The molecular weight excluding hydrogens is 520 g/mol. The van der Waals surface area contributed by atoms with Crippen molar-refractivity contribution in [2.45, 2.75) is 32.4 Å². The third-order valence-corrected chi connectivity index (χ3v) is 9.05. The maximum atomic E-state index is 14.0. The van der Waals surface area contributed by atoms with E-state index in [-0.39, 0.29) is 22.5 Å². The molecule has 1 aliphatic heterocycles. The highest BCUT2D eigenvalue weighted by atomic mass is 32.2. The normalized spacial score (nSPS) is 15.1. The number of ketones is 1. The first-order valence-corrected chi connectivity index (χ1v) is 14.3.